The second-order valence-corrected chi connectivity index (χ2v) is 5.31. The third-order valence-corrected chi connectivity index (χ3v) is 3.80. The molecular weight excluding hydrogens is 206 g/mol. The highest BCUT2D eigenvalue weighted by Gasteiger charge is 2.14. The van der Waals surface area contributed by atoms with Crippen LogP contribution in [0, 0.1) is 19.8 Å². The Kier molecular flexibility index (Phi) is 5.70. The summed E-state index contributed by atoms with van der Waals surface area (Å²) in [5.41, 5.74) is 4.26. The van der Waals surface area contributed by atoms with Crippen molar-refractivity contribution in [3.63, 3.8) is 0 Å². The molecule has 1 rings (SSSR count). The van der Waals surface area contributed by atoms with Crippen molar-refractivity contribution in [1.29, 1.82) is 0 Å². The van der Waals surface area contributed by atoms with Gasteiger partial charge >= 0.3 is 0 Å². The summed E-state index contributed by atoms with van der Waals surface area (Å²) in [4.78, 5) is 0. The summed E-state index contributed by atoms with van der Waals surface area (Å²) < 4.78 is 0. The quantitative estimate of drug-likeness (QED) is 0.731. The molecule has 96 valence electrons. The van der Waals surface area contributed by atoms with Crippen LogP contribution in [0.1, 0.15) is 49.8 Å². The van der Waals surface area contributed by atoms with Gasteiger partial charge in [0.25, 0.3) is 0 Å². The maximum absolute atomic E-state index is 3.51. The minimum atomic E-state index is 0.624. The lowest BCUT2D eigenvalue weighted by molar-refractivity contribution is 0.448. The fourth-order valence-electron chi connectivity index (χ4n) is 2.06. The molecule has 1 heteroatoms. The second kappa shape index (κ2) is 6.80. The average Bonchev–Trinajstić information content (AvgIpc) is 2.32. The molecule has 0 saturated carbocycles. The molecule has 2 unspecified atom stereocenters. The summed E-state index contributed by atoms with van der Waals surface area (Å²) in [6.45, 7) is 13.5. The zero-order chi connectivity index (χ0) is 12.8. The van der Waals surface area contributed by atoms with Gasteiger partial charge in [-0.05, 0) is 61.9 Å². The average molecular weight is 233 g/mol. The maximum Gasteiger partial charge on any atom is -0.00174 e. The maximum atomic E-state index is 3.51. The van der Waals surface area contributed by atoms with E-state index in [0.29, 0.717) is 11.8 Å². The van der Waals surface area contributed by atoms with E-state index in [9.17, 15) is 0 Å². The summed E-state index contributed by atoms with van der Waals surface area (Å²) in [7, 11) is 0. The number of hydrogen-bond donors (Lipinski definition) is 1. The molecule has 0 radical (unpaired) electrons. The van der Waals surface area contributed by atoms with Crippen LogP contribution in [0.4, 0.5) is 0 Å². The van der Waals surface area contributed by atoms with Crippen LogP contribution in [0.15, 0.2) is 18.2 Å². The second-order valence-electron chi connectivity index (χ2n) is 5.31. The van der Waals surface area contributed by atoms with Crippen molar-refractivity contribution in [2.45, 2.75) is 47.0 Å². The molecule has 0 heterocycles. The van der Waals surface area contributed by atoms with Crippen molar-refractivity contribution in [2.24, 2.45) is 5.92 Å². The molecule has 0 aromatic heterocycles. The number of rotatable bonds is 6. The van der Waals surface area contributed by atoms with Crippen LogP contribution < -0.4 is 5.32 Å². The van der Waals surface area contributed by atoms with Gasteiger partial charge in [0.05, 0.1) is 0 Å². The standard InChI is InChI=1S/C16H27N/c1-6-9-17-11-14(4)15(5)16-8-7-12(2)13(3)10-16/h7-8,10,14-15,17H,6,9,11H2,1-5H3. The largest absolute Gasteiger partial charge is 0.316 e. The van der Waals surface area contributed by atoms with Gasteiger partial charge in [-0.25, -0.2) is 0 Å². The number of benzene rings is 1. The third-order valence-electron chi connectivity index (χ3n) is 3.80. The number of hydrogen-bond acceptors (Lipinski definition) is 1. The molecule has 0 saturated heterocycles. The lowest BCUT2D eigenvalue weighted by atomic mass is 9.87. The molecule has 17 heavy (non-hydrogen) atoms. The molecule has 1 nitrogen and oxygen atoms in total. The zero-order valence-corrected chi connectivity index (χ0v) is 12.0. The van der Waals surface area contributed by atoms with Crippen molar-refractivity contribution in [2.75, 3.05) is 13.1 Å². The van der Waals surface area contributed by atoms with Crippen LogP contribution in [-0.2, 0) is 0 Å². The number of nitrogens with one attached hydrogen (secondary N) is 1. The Morgan fingerprint density at radius 2 is 1.82 bits per heavy atom. The first-order valence-corrected chi connectivity index (χ1v) is 6.84. The SMILES string of the molecule is CCCNCC(C)C(C)c1ccc(C)c(C)c1. The van der Waals surface area contributed by atoms with E-state index in [2.05, 4.69) is 58.1 Å². The Hall–Kier alpha value is -0.820. The van der Waals surface area contributed by atoms with Gasteiger partial charge in [-0.1, -0.05) is 39.0 Å². The van der Waals surface area contributed by atoms with Gasteiger partial charge in [0.2, 0.25) is 0 Å². The smallest absolute Gasteiger partial charge is 0.00174 e. The molecule has 0 fully saturated rings. The Balaban J connectivity index is 2.61. The number of aryl methyl sites for hydroxylation is 2. The molecule has 2 atom stereocenters. The summed E-state index contributed by atoms with van der Waals surface area (Å²) in [5.74, 6) is 1.31. The van der Waals surface area contributed by atoms with E-state index in [4.69, 9.17) is 0 Å². The lowest BCUT2D eigenvalue weighted by Crippen LogP contribution is -2.25. The van der Waals surface area contributed by atoms with Gasteiger partial charge in [-0.15, -0.1) is 0 Å². The van der Waals surface area contributed by atoms with E-state index >= 15 is 0 Å². The predicted molar refractivity (Wildman–Crippen MR) is 76.7 cm³/mol. The first-order chi connectivity index (χ1) is 8.06. The van der Waals surface area contributed by atoms with Crippen LogP contribution in [0.25, 0.3) is 0 Å². The highest BCUT2D eigenvalue weighted by Crippen LogP contribution is 2.25. The fourth-order valence-corrected chi connectivity index (χ4v) is 2.06. The highest BCUT2D eigenvalue weighted by molar-refractivity contribution is 5.31. The van der Waals surface area contributed by atoms with Crippen molar-refractivity contribution in [1.82, 2.24) is 5.32 Å². The Morgan fingerprint density at radius 3 is 2.41 bits per heavy atom. The van der Waals surface area contributed by atoms with Crippen molar-refractivity contribution in [3.05, 3.63) is 34.9 Å². The minimum Gasteiger partial charge on any atom is -0.316 e. The first kappa shape index (κ1) is 14.2. The minimum absolute atomic E-state index is 0.624. The Bertz CT molecular complexity index is 343. The molecule has 0 amide bonds. The van der Waals surface area contributed by atoms with Gasteiger partial charge in [-0.3, -0.25) is 0 Å². The van der Waals surface area contributed by atoms with E-state index in [1.165, 1.54) is 23.1 Å². The summed E-state index contributed by atoms with van der Waals surface area (Å²) in [5, 5.41) is 3.51. The Morgan fingerprint density at radius 1 is 1.12 bits per heavy atom. The molecule has 1 N–H and O–H groups in total. The molecule has 1 aromatic rings. The van der Waals surface area contributed by atoms with Crippen molar-refractivity contribution < 1.29 is 0 Å². The van der Waals surface area contributed by atoms with Gasteiger partial charge in [0, 0.05) is 0 Å². The van der Waals surface area contributed by atoms with Gasteiger partial charge in [0.1, 0.15) is 0 Å². The molecule has 0 aliphatic heterocycles. The van der Waals surface area contributed by atoms with Gasteiger partial charge in [0.15, 0.2) is 0 Å². The van der Waals surface area contributed by atoms with E-state index < -0.39 is 0 Å². The van der Waals surface area contributed by atoms with Crippen molar-refractivity contribution in [3.8, 4) is 0 Å². The van der Waals surface area contributed by atoms with Crippen LogP contribution in [-0.4, -0.2) is 13.1 Å². The van der Waals surface area contributed by atoms with Crippen LogP contribution in [0.5, 0.6) is 0 Å². The summed E-state index contributed by atoms with van der Waals surface area (Å²) in [6.07, 6.45) is 1.21. The molecule has 1 aromatic carbocycles. The first-order valence-electron chi connectivity index (χ1n) is 6.84. The van der Waals surface area contributed by atoms with E-state index in [-0.39, 0.29) is 0 Å². The topological polar surface area (TPSA) is 12.0 Å². The zero-order valence-electron chi connectivity index (χ0n) is 12.0. The van der Waals surface area contributed by atoms with E-state index in [1.807, 2.05) is 0 Å². The van der Waals surface area contributed by atoms with Gasteiger partial charge in [-0.2, -0.15) is 0 Å². The predicted octanol–water partition coefficient (Wildman–Crippen LogP) is 4.04. The molecule has 0 spiro atoms. The normalized spacial score (nSPS) is 14.6. The summed E-state index contributed by atoms with van der Waals surface area (Å²) in [6, 6.07) is 6.87. The third kappa shape index (κ3) is 4.16. The molecule has 0 aliphatic carbocycles. The Labute approximate surface area is 107 Å². The van der Waals surface area contributed by atoms with E-state index in [1.54, 1.807) is 0 Å². The van der Waals surface area contributed by atoms with E-state index in [0.717, 1.165) is 13.1 Å². The fraction of sp³-hybridized carbons (Fsp3) is 0.625. The van der Waals surface area contributed by atoms with Gasteiger partial charge < -0.3 is 5.32 Å². The molecule has 0 aliphatic rings. The van der Waals surface area contributed by atoms with Crippen LogP contribution in [0.3, 0.4) is 0 Å². The van der Waals surface area contributed by atoms with Crippen LogP contribution in [0.2, 0.25) is 0 Å². The highest BCUT2D eigenvalue weighted by atomic mass is 14.8. The van der Waals surface area contributed by atoms with Crippen molar-refractivity contribution >= 4 is 0 Å². The monoisotopic (exact) mass is 233 g/mol. The molecular formula is C16H27N. The van der Waals surface area contributed by atoms with Crippen LogP contribution >= 0.6 is 0 Å². The summed E-state index contributed by atoms with van der Waals surface area (Å²) >= 11 is 0. The lowest BCUT2D eigenvalue weighted by Gasteiger charge is -2.21. The molecule has 0 bridgehead atoms.